The van der Waals surface area contributed by atoms with Crippen LogP contribution in [0.4, 0.5) is 0 Å². The van der Waals surface area contributed by atoms with Gasteiger partial charge in [-0.15, -0.1) is 0 Å². The lowest BCUT2D eigenvalue weighted by molar-refractivity contribution is -0.143. The van der Waals surface area contributed by atoms with Crippen molar-refractivity contribution in [2.24, 2.45) is 5.92 Å². The zero-order valence-electron chi connectivity index (χ0n) is 13.0. The summed E-state index contributed by atoms with van der Waals surface area (Å²) in [5.74, 6) is -1.02. The van der Waals surface area contributed by atoms with Crippen molar-refractivity contribution in [2.45, 2.75) is 77.4 Å². The van der Waals surface area contributed by atoms with Gasteiger partial charge in [-0.25, -0.2) is 0 Å². The lowest BCUT2D eigenvalue weighted by atomic mass is 9.85. The smallest absolute Gasteiger partial charge is 0.306 e. The number of amides is 1. The van der Waals surface area contributed by atoms with Gasteiger partial charge < -0.3 is 15.7 Å². The number of carbonyl (C=O) groups excluding carboxylic acids is 1. The summed E-state index contributed by atoms with van der Waals surface area (Å²) in [5.41, 5.74) is -0.205. The fraction of sp³-hybridized carbons (Fsp3) is 0.867. The summed E-state index contributed by atoms with van der Waals surface area (Å²) in [7, 11) is 0. The Kier molecular flexibility index (Phi) is 5.99. The molecule has 1 rings (SSSR count). The largest absolute Gasteiger partial charge is 0.481 e. The average molecular weight is 284 g/mol. The van der Waals surface area contributed by atoms with Crippen molar-refractivity contribution < 1.29 is 14.7 Å². The van der Waals surface area contributed by atoms with E-state index in [1.54, 1.807) is 0 Å². The Labute approximate surface area is 121 Å². The Balaban J connectivity index is 2.47. The van der Waals surface area contributed by atoms with E-state index in [2.05, 4.69) is 10.6 Å². The van der Waals surface area contributed by atoms with Gasteiger partial charge in [0.25, 0.3) is 0 Å². The topological polar surface area (TPSA) is 78.4 Å². The van der Waals surface area contributed by atoms with E-state index in [1.165, 1.54) is 0 Å². The predicted octanol–water partition coefficient (Wildman–Crippen LogP) is 1.91. The van der Waals surface area contributed by atoms with Crippen LogP contribution in [0.25, 0.3) is 0 Å². The maximum atomic E-state index is 12.1. The molecule has 0 heterocycles. The highest BCUT2D eigenvalue weighted by Crippen LogP contribution is 2.24. The summed E-state index contributed by atoms with van der Waals surface area (Å²) in [6.07, 6.45) is 4.08. The summed E-state index contributed by atoms with van der Waals surface area (Å²) >= 11 is 0. The van der Waals surface area contributed by atoms with Gasteiger partial charge >= 0.3 is 5.97 Å². The SMILES string of the molecule is CCC(C)(C)NC(=O)C(C)NC1CCCC(C(=O)O)C1. The van der Waals surface area contributed by atoms with Crippen LogP contribution in [-0.4, -0.2) is 34.6 Å². The fourth-order valence-corrected chi connectivity index (χ4v) is 2.52. The van der Waals surface area contributed by atoms with Crippen molar-refractivity contribution in [2.75, 3.05) is 0 Å². The Morgan fingerprint density at radius 2 is 2.00 bits per heavy atom. The lowest BCUT2D eigenvalue weighted by Gasteiger charge is -2.31. The molecule has 1 aliphatic rings. The highest BCUT2D eigenvalue weighted by Gasteiger charge is 2.29. The summed E-state index contributed by atoms with van der Waals surface area (Å²) in [6.45, 7) is 7.87. The summed E-state index contributed by atoms with van der Waals surface area (Å²) in [4.78, 5) is 23.2. The quantitative estimate of drug-likeness (QED) is 0.696. The Hall–Kier alpha value is -1.10. The molecule has 20 heavy (non-hydrogen) atoms. The molecule has 0 aromatic carbocycles. The monoisotopic (exact) mass is 284 g/mol. The van der Waals surface area contributed by atoms with Gasteiger partial charge in [-0.2, -0.15) is 0 Å². The number of hydrogen-bond donors (Lipinski definition) is 3. The Morgan fingerprint density at radius 3 is 2.55 bits per heavy atom. The first-order valence-electron chi connectivity index (χ1n) is 7.56. The van der Waals surface area contributed by atoms with Gasteiger partial charge in [0.15, 0.2) is 0 Å². The van der Waals surface area contributed by atoms with Gasteiger partial charge in [-0.05, 0) is 46.5 Å². The molecule has 0 spiro atoms. The standard InChI is InChI=1S/C15H28N2O3/c1-5-15(3,4)17-13(18)10(2)16-12-8-6-7-11(9-12)14(19)20/h10-12,16H,5-9H2,1-4H3,(H,17,18)(H,19,20). The van der Waals surface area contributed by atoms with E-state index < -0.39 is 5.97 Å². The van der Waals surface area contributed by atoms with Crippen LogP contribution in [0, 0.1) is 5.92 Å². The van der Waals surface area contributed by atoms with E-state index in [0.717, 1.165) is 25.7 Å². The van der Waals surface area contributed by atoms with Crippen LogP contribution in [0.15, 0.2) is 0 Å². The third kappa shape index (κ3) is 5.12. The van der Waals surface area contributed by atoms with Gasteiger partial charge in [0.2, 0.25) is 5.91 Å². The molecule has 0 bridgehead atoms. The molecule has 5 heteroatoms. The molecule has 0 radical (unpaired) electrons. The second-order valence-electron chi connectivity index (χ2n) is 6.51. The number of carboxylic acid groups (broad SMARTS) is 1. The second kappa shape index (κ2) is 7.07. The number of carbonyl (C=O) groups is 2. The van der Waals surface area contributed by atoms with Crippen LogP contribution in [0.3, 0.4) is 0 Å². The van der Waals surface area contributed by atoms with Crippen LogP contribution in [0.2, 0.25) is 0 Å². The Bertz CT molecular complexity index is 355. The normalized spacial score (nSPS) is 25.0. The van der Waals surface area contributed by atoms with E-state index in [0.29, 0.717) is 6.42 Å². The van der Waals surface area contributed by atoms with E-state index in [-0.39, 0.29) is 29.4 Å². The third-order valence-electron chi connectivity index (χ3n) is 4.25. The van der Waals surface area contributed by atoms with Gasteiger partial charge in [-0.1, -0.05) is 13.3 Å². The number of nitrogens with one attached hydrogen (secondary N) is 2. The summed E-state index contributed by atoms with van der Waals surface area (Å²) in [6, 6.07) is -0.172. The van der Waals surface area contributed by atoms with Crippen molar-refractivity contribution in [1.82, 2.24) is 10.6 Å². The second-order valence-corrected chi connectivity index (χ2v) is 6.51. The third-order valence-corrected chi connectivity index (χ3v) is 4.25. The molecule has 1 aliphatic carbocycles. The molecular formula is C15H28N2O3. The van der Waals surface area contributed by atoms with Crippen LogP contribution in [0.1, 0.15) is 59.8 Å². The molecule has 3 atom stereocenters. The van der Waals surface area contributed by atoms with Crippen molar-refractivity contribution in [1.29, 1.82) is 0 Å². The van der Waals surface area contributed by atoms with Crippen molar-refractivity contribution in [3.05, 3.63) is 0 Å². The minimum atomic E-state index is -0.722. The average Bonchev–Trinajstić information content (AvgIpc) is 2.38. The van der Waals surface area contributed by atoms with Crippen molar-refractivity contribution in [3.8, 4) is 0 Å². The van der Waals surface area contributed by atoms with Crippen molar-refractivity contribution in [3.63, 3.8) is 0 Å². The number of rotatable bonds is 6. The zero-order chi connectivity index (χ0) is 15.3. The number of carboxylic acids is 1. The molecule has 3 N–H and O–H groups in total. The lowest BCUT2D eigenvalue weighted by Crippen LogP contribution is -2.53. The van der Waals surface area contributed by atoms with Gasteiger partial charge in [0.05, 0.1) is 12.0 Å². The molecule has 1 amide bonds. The molecule has 0 aliphatic heterocycles. The van der Waals surface area contributed by atoms with Gasteiger partial charge in [0, 0.05) is 11.6 Å². The molecule has 1 saturated carbocycles. The molecule has 0 aromatic heterocycles. The Morgan fingerprint density at radius 1 is 1.35 bits per heavy atom. The van der Waals surface area contributed by atoms with Crippen LogP contribution < -0.4 is 10.6 Å². The first-order valence-corrected chi connectivity index (χ1v) is 7.56. The fourth-order valence-electron chi connectivity index (χ4n) is 2.52. The highest BCUT2D eigenvalue weighted by molar-refractivity contribution is 5.82. The van der Waals surface area contributed by atoms with E-state index in [4.69, 9.17) is 5.11 Å². The van der Waals surface area contributed by atoms with E-state index in [1.807, 2.05) is 27.7 Å². The van der Waals surface area contributed by atoms with Crippen LogP contribution >= 0.6 is 0 Å². The minimum Gasteiger partial charge on any atom is -0.481 e. The number of aliphatic carboxylic acids is 1. The predicted molar refractivity (Wildman–Crippen MR) is 78.5 cm³/mol. The first kappa shape index (κ1) is 17.0. The van der Waals surface area contributed by atoms with Crippen LogP contribution in [-0.2, 0) is 9.59 Å². The minimum absolute atomic E-state index is 0.0192. The van der Waals surface area contributed by atoms with Gasteiger partial charge in [0.1, 0.15) is 0 Å². The van der Waals surface area contributed by atoms with E-state index in [9.17, 15) is 9.59 Å². The molecule has 0 aromatic rings. The molecular weight excluding hydrogens is 256 g/mol. The highest BCUT2D eigenvalue weighted by atomic mass is 16.4. The summed E-state index contributed by atoms with van der Waals surface area (Å²) in [5, 5.41) is 15.4. The molecule has 5 nitrogen and oxygen atoms in total. The zero-order valence-corrected chi connectivity index (χ0v) is 13.0. The maximum Gasteiger partial charge on any atom is 0.306 e. The summed E-state index contributed by atoms with van der Waals surface area (Å²) < 4.78 is 0. The van der Waals surface area contributed by atoms with Crippen molar-refractivity contribution >= 4 is 11.9 Å². The first-order chi connectivity index (χ1) is 9.25. The van der Waals surface area contributed by atoms with Crippen LogP contribution in [0.5, 0.6) is 0 Å². The molecule has 116 valence electrons. The molecule has 3 unspecified atom stereocenters. The molecule has 1 fully saturated rings. The van der Waals surface area contributed by atoms with E-state index >= 15 is 0 Å². The van der Waals surface area contributed by atoms with Gasteiger partial charge in [-0.3, -0.25) is 9.59 Å². The number of hydrogen-bond acceptors (Lipinski definition) is 3. The maximum absolute atomic E-state index is 12.1. The molecule has 0 saturated heterocycles.